The summed E-state index contributed by atoms with van der Waals surface area (Å²) in [4.78, 5) is 13.0. The number of aliphatic hydroxyl groups is 1. The van der Waals surface area contributed by atoms with E-state index in [1.165, 1.54) is 0 Å². The first-order valence-corrected chi connectivity index (χ1v) is 7.17. The van der Waals surface area contributed by atoms with Gasteiger partial charge in [0.25, 0.3) is 0 Å². The van der Waals surface area contributed by atoms with E-state index in [4.69, 9.17) is 0 Å². The van der Waals surface area contributed by atoms with Gasteiger partial charge in [-0.15, -0.1) is 0 Å². The van der Waals surface area contributed by atoms with Gasteiger partial charge in [-0.25, -0.2) is 4.68 Å². The van der Waals surface area contributed by atoms with Crippen molar-refractivity contribution in [3.63, 3.8) is 0 Å². The number of aliphatic hydroxyl groups excluding tert-OH is 1. The van der Waals surface area contributed by atoms with Gasteiger partial charge < -0.3 is 10.0 Å². The molecule has 0 radical (unpaired) electrons. The minimum Gasteiger partial charge on any atom is -0.394 e. The molecule has 7 heteroatoms. The summed E-state index contributed by atoms with van der Waals surface area (Å²) in [5.74, 6) is 0.535. The van der Waals surface area contributed by atoms with Crippen LogP contribution in [0.4, 0.5) is 11.5 Å². The number of aryl methyl sites for hydroxylation is 2. The summed E-state index contributed by atoms with van der Waals surface area (Å²) in [5, 5.41) is 25.3. The van der Waals surface area contributed by atoms with Crippen molar-refractivity contribution >= 4 is 11.5 Å². The highest BCUT2D eigenvalue weighted by Crippen LogP contribution is 2.34. The summed E-state index contributed by atoms with van der Waals surface area (Å²) in [6.07, 6.45) is 4.52. The molecular formula is C13H22N4O3. The van der Waals surface area contributed by atoms with Crippen molar-refractivity contribution in [2.45, 2.75) is 45.1 Å². The SMILES string of the molecule is CCc1nn(C)c(N2CCCCCC2CO)c1[N+](=O)[O-]. The van der Waals surface area contributed by atoms with Crippen LogP contribution in [0.5, 0.6) is 0 Å². The molecule has 0 aromatic carbocycles. The molecule has 0 bridgehead atoms. The van der Waals surface area contributed by atoms with E-state index < -0.39 is 0 Å². The minimum absolute atomic E-state index is 0.0177. The van der Waals surface area contributed by atoms with E-state index in [2.05, 4.69) is 5.10 Å². The summed E-state index contributed by atoms with van der Waals surface area (Å²) in [6.45, 7) is 2.61. The number of nitrogens with zero attached hydrogens (tertiary/aromatic N) is 4. The molecule has 1 aliphatic heterocycles. The number of aromatic nitrogens is 2. The van der Waals surface area contributed by atoms with E-state index >= 15 is 0 Å². The molecular weight excluding hydrogens is 260 g/mol. The van der Waals surface area contributed by atoms with Gasteiger partial charge in [-0.05, 0) is 19.3 Å². The standard InChI is InChI=1S/C13H22N4O3/c1-3-11-12(17(19)20)13(15(2)14-11)16-8-6-4-5-7-10(16)9-18/h10,18H,3-9H2,1-2H3. The van der Waals surface area contributed by atoms with Crippen LogP contribution in [0.1, 0.15) is 38.3 Å². The Bertz CT molecular complexity index is 486. The number of rotatable bonds is 4. The van der Waals surface area contributed by atoms with Crippen molar-refractivity contribution in [3.05, 3.63) is 15.8 Å². The molecule has 1 aliphatic rings. The van der Waals surface area contributed by atoms with Crippen molar-refractivity contribution < 1.29 is 10.0 Å². The van der Waals surface area contributed by atoms with Crippen LogP contribution in [0, 0.1) is 10.1 Å². The van der Waals surface area contributed by atoms with Gasteiger partial charge in [0.2, 0.25) is 5.82 Å². The molecule has 1 aromatic rings. The van der Waals surface area contributed by atoms with Gasteiger partial charge in [0.05, 0.1) is 17.6 Å². The number of hydrogen-bond donors (Lipinski definition) is 1. The van der Waals surface area contributed by atoms with Crippen LogP contribution in [0.25, 0.3) is 0 Å². The maximum absolute atomic E-state index is 11.4. The lowest BCUT2D eigenvalue weighted by molar-refractivity contribution is -0.384. The fourth-order valence-corrected chi connectivity index (χ4v) is 2.95. The summed E-state index contributed by atoms with van der Waals surface area (Å²) in [7, 11) is 1.74. The number of anilines is 1. The zero-order valence-corrected chi connectivity index (χ0v) is 12.1. The summed E-state index contributed by atoms with van der Waals surface area (Å²) < 4.78 is 1.59. The summed E-state index contributed by atoms with van der Waals surface area (Å²) in [6, 6.07) is -0.0590. The van der Waals surface area contributed by atoms with Crippen molar-refractivity contribution in [1.29, 1.82) is 0 Å². The molecule has 0 saturated carbocycles. The normalized spacial score (nSPS) is 19.9. The minimum atomic E-state index is -0.347. The Morgan fingerprint density at radius 3 is 2.80 bits per heavy atom. The molecule has 0 aliphatic carbocycles. The van der Waals surface area contributed by atoms with Crippen molar-refractivity contribution in [3.8, 4) is 0 Å². The number of hydrogen-bond acceptors (Lipinski definition) is 5. The third-order valence-electron chi connectivity index (χ3n) is 3.94. The van der Waals surface area contributed by atoms with Gasteiger partial charge in [-0.1, -0.05) is 19.8 Å². The molecule has 1 aromatic heterocycles. The lowest BCUT2D eigenvalue weighted by Crippen LogP contribution is -2.39. The average molecular weight is 282 g/mol. The van der Waals surface area contributed by atoms with E-state index in [9.17, 15) is 15.2 Å². The van der Waals surface area contributed by atoms with Gasteiger partial charge in [-0.2, -0.15) is 5.10 Å². The largest absolute Gasteiger partial charge is 0.394 e. The Hall–Kier alpha value is -1.63. The van der Waals surface area contributed by atoms with Crippen LogP contribution in [0.15, 0.2) is 0 Å². The van der Waals surface area contributed by atoms with Crippen molar-refractivity contribution in [2.75, 3.05) is 18.1 Å². The molecule has 7 nitrogen and oxygen atoms in total. The van der Waals surface area contributed by atoms with Crippen molar-refractivity contribution in [1.82, 2.24) is 9.78 Å². The highest BCUT2D eigenvalue weighted by molar-refractivity contribution is 5.62. The lowest BCUT2D eigenvalue weighted by atomic mass is 10.1. The average Bonchev–Trinajstić information content (AvgIpc) is 2.61. The number of nitro groups is 1. The van der Waals surface area contributed by atoms with Gasteiger partial charge >= 0.3 is 5.69 Å². The van der Waals surface area contributed by atoms with Crippen LogP contribution in [-0.4, -0.2) is 39.0 Å². The third kappa shape index (κ3) is 2.63. The Morgan fingerprint density at radius 2 is 2.20 bits per heavy atom. The molecule has 1 atom stereocenters. The Balaban J connectivity index is 2.48. The van der Waals surface area contributed by atoms with Crippen LogP contribution in [0.3, 0.4) is 0 Å². The highest BCUT2D eigenvalue weighted by Gasteiger charge is 2.33. The first-order chi connectivity index (χ1) is 9.60. The Kier molecular flexibility index (Phi) is 4.59. The first-order valence-electron chi connectivity index (χ1n) is 7.17. The first kappa shape index (κ1) is 14.8. The highest BCUT2D eigenvalue weighted by atomic mass is 16.6. The summed E-state index contributed by atoms with van der Waals surface area (Å²) >= 11 is 0. The topological polar surface area (TPSA) is 84.4 Å². The second-order valence-corrected chi connectivity index (χ2v) is 5.23. The molecule has 1 fully saturated rings. The van der Waals surface area contributed by atoms with E-state index in [1.807, 2.05) is 11.8 Å². The molecule has 112 valence electrons. The molecule has 2 heterocycles. The lowest BCUT2D eigenvalue weighted by Gasteiger charge is -2.29. The molecule has 1 saturated heterocycles. The van der Waals surface area contributed by atoms with E-state index in [0.29, 0.717) is 17.9 Å². The molecule has 20 heavy (non-hydrogen) atoms. The molecule has 2 rings (SSSR count). The fraction of sp³-hybridized carbons (Fsp3) is 0.769. The Labute approximate surface area is 118 Å². The maximum atomic E-state index is 11.4. The third-order valence-corrected chi connectivity index (χ3v) is 3.94. The predicted octanol–water partition coefficient (Wildman–Crippen LogP) is 1.63. The predicted molar refractivity (Wildman–Crippen MR) is 75.9 cm³/mol. The quantitative estimate of drug-likeness (QED) is 0.670. The smallest absolute Gasteiger partial charge is 0.334 e. The Morgan fingerprint density at radius 1 is 1.45 bits per heavy atom. The van der Waals surface area contributed by atoms with Gasteiger partial charge in [0.1, 0.15) is 5.69 Å². The zero-order valence-electron chi connectivity index (χ0n) is 12.1. The second-order valence-electron chi connectivity index (χ2n) is 5.23. The van der Waals surface area contributed by atoms with Crippen LogP contribution in [0.2, 0.25) is 0 Å². The van der Waals surface area contributed by atoms with Crippen LogP contribution in [-0.2, 0) is 13.5 Å². The van der Waals surface area contributed by atoms with E-state index in [0.717, 1.165) is 32.2 Å². The summed E-state index contributed by atoms with van der Waals surface area (Å²) in [5.41, 5.74) is 0.601. The molecule has 0 amide bonds. The van der Waals surface area contributed by atoms with E-state index in [-0.39, 0.29) is 23.3 Å². The molecule has 0 spiro atoms. The monoisotopic (exact) mass is 282 g/mol. The maximum Gasteiger partial charge on any atom is 0.334 e. The molecule has 1 N–H and O–H groups in total. The van der Waals surface area contributed by atoms with Gasteiger partial charge in [0, 0.05) is 13.6 Å². The van der Waals surface area contributed by atoms with Gasteiger partial charge in [-0.3, -0.25) is 10.1 Å². The van der Waals surface area contributed by atoms with Crippen molar-refractivity contribution in [2.24, 2.45) is 7.05 Å². The second kappa shape index (κ2) is 6.21. The van der Waals surface area contributed by atoms with Gasteiger partial charge in [0.15, 0.2) is 0 Å². The van der Waals surface area contributed by atoms with E-state index in [1.54, 1.807) is 11.7 Å². The fourth-order valence-electron chi connectivity index (χ4n) is 2.95. The molecule has 1 unspecified atom stereocenters. The van der Waals surface area contributed by atoms with Crippen LogP contribution >= 0.6 is 0 Å². The zero-order chi connectivity index (χ0) is 14.7. The van der Waals surface area contributed by atoms with Crippen LogP contribution < -0.4 is 4.90 Å².